The molecule has 3 aromatic rings. The van der Waals surface area contributed by atoms with Crippen LogP contribution in [0.2, 0.25) is 0 Å². The number of hydrogen-bond acceptors (Lipinski definition) is 6. The van der Waals surface area contributed by atoms with Crippen LogP contribution >= 0.6 is 0 Å². The standard InChI is InChI=1S/C21H23F2N7O/c1-29(2)20(31)13-9-21(22,23)11-30(10-13)16-6-5-14-19(27-16)28-18(26-14)15-7-8-24-17(25-15)12-3-4-12/h5-8,12-13H,3-4,9-11H2,1-2H3,(H,26,27,28). The molecule has 0 radical (unpaired) electrons. The molecule has 2 aliphatic rings. The zero-order valence-corrected chi connectivity index (χ0v) is 17.3. The van der Waals surface area contributed by atoms with Crippen molar-refractivity contribution in [2.24, 2.45) is 5.92 Å². The molecule has 8 nitrogen and oxygen atoms in total. The molecule has 1 saturated heterocycles. The van der Waals surface area contributed by atoms with Gasteiger partial charge in [-0.25, -0.2) is 28.7 Å². The number of fused-ring (bicyclic) bond motifs is 1. The maximum atomic E-state index is 14.4. The number of rotatable bonds is 4. The van der Waals surface area contributed by atoms with Crippen molar-refractivity contribution in [1.29, 1.82) is 0 Å². The van der Waals surface area contributed by atoms with Crippen molar-refractivity contribution in [3.05, 3.63) is 30.2 Å². The number of anilines is 1. The zero-order valence-electron chi connectivity index (χ0n) is 17.3. The molecule has 162 valence electrons. The largest absolute Gasteiger partial charge is 0.350 e. The van der Waals surface area contributed by atoms with Gasteiger partial charge in [0, 0.05) is 39.2 Å². The number of pyridine rings is 1. The van der Waals surface area contributed by atoms with Crippen molar-refractivity contribution in [2.75, 3.05) is 32.1 Å². The molecule has 3 aromatic heterocycles. The smallest absolute Gasteiger partial charge is 0.266 e. The van der Waals surface area contributed by atoms with Crippen LogP contribution in [0.1, 0.15) is 31.0 Å². The van der Waals surface area contributed by atoms with Crippen molar-refractivity contribution in [2.45, 2.75) is 31.1 Å². The number of H-pyrrole nitrogens is 1. The highest BCUT2D eigenvalue weighted by Crippen LogP contribution is 2.38. The van der Waals surface area contributed by atoms with Gasteiger partial charge in [0.15, 0.2) is 11.5 Å². The van der Waals surface area contributed by atoms with Crippen LogP contribution < -0.4 is 4.90 Å². The molecule has 0 spiro atoms. The summed E-state index contributed by atoms with van der Waals surface area (Å²) >= 11 is 0. The van der Waals surface area contributed by atoms with E-state index in [-0.39, 0.29) is 12.5 Å². The number of hydrogen-bond donors (Lipinski definition) is 1. The molecule has 1 N–H and O–H groups in total. The van der Waals surface area contributed by atoms with Gasteiger partial charge in [0.05, 0.1) is 12.5 Å². The lowest BCUT2D eigenvalue weighted by molar-refractivity contribution is -0.137. The summed E-state index contributed by atoms with van der Waals surface area (Å²) in [5.41, 5.74) is 1.79. The van der Waals surface area contributed by atoms with Crippen molar-refractivity contribution in [3.8, 4) is 11.5 Å². The van der Waals surface area contributed by atoms with Crippen molar-refractivity contribution >= 4 is 22.9 Å². The number of nitrogens with one attached hydrogen (secondary N) is 1. The predicted molar refractivity (Wildman–Crippen MR) is 111 cm³/mol. The van der Waals surface area contributed by atoms with Gasteiger partial charge < -0.3 is 14.8 Å². The SMILES string of the molecule is CN(C)C(=O)C1CN(c2ccc3nc(-c4ccnc(C5CC5)n4)[nH]c3n2)CC(F)(F)C1. The second-order valence-electron chi connectivity index (χ2n) is 8.57. The van der Waals surface area contributed by atoms with E-state index in [2.05, 4.69) is 24.9 Å². The average Bonchev–Trinajstić information content (AvgIpc) is 3.50. The third-order valence-corrected chi connectivity index (χ3v) is 5.71. The zero-order chi connectivity index (χ0) is 21.8. The highest BCUT2D eigenvalue weighted by molar-refractivity contribution is 5.80. The molecule has 1 amide bonds. The van der Waals surface area contributed by atoms with Crippen molar-refractivity contribution in [3.63, 3.8) is 0 Å². The molecule has 1 unspecified atom stereocenters. The van der Waals surface area contributed by atoms with Crippen LogP contribution in [0.3, 0.4) is 0 Å². The molecule has 0 bridgehead atoms. The molecule has 0 aromatic carbocycles. The lowest BCUT2D eigenvalue weighted by Gasteiger charge is -2.38. The highest BCUT2D eigenvalue weighted by atomic mass is 19.3. The monoisotopic (exact) mass is 427 g/mol. The average molecular weight is 427 g/mol. The number of piperidine rings is 1. The van der Waals surface area contributed by atoms with Crippen LogP contribution in [-0.2, 0) is 4.79 Å². The Morgan fingerprint density at radius 2 is 2.00 bits per heavy atom. The van der Waals surface area contributed by atoms with Gasteiger partial charge in [-0.05, 0) is 31.0 Å². The normalized spacial score (nSPS) is 20.8. The van der Waals surface area contributed by atoms with Crippen LogP contribution in [0.5, 0.6) is 0 Å². The summed E-state index contributed by atoms with van der Waals surface area (Å²) in [5, 5.41) is 0. The van der Waals surface area contributed by atoms with Gasteiger partial charge in [-0.15, -0.1) is 0 Å². The van der Waals surface area contributed by atoms with Gasteiger partial charge in [0.2, 0.25) is 5.91 Å². The number of carbonyl (C=O) groups is 1. The van der Waals surface area contributed by atoms with E-state index in [0.717, 1.165) is 18.7 Å². The van der Waals surface area contributed by atoms with E-state index in [1.54, 1.807) is 38.5 Å². The Kier molecular flexibility index (Phi) is 4.60. The van der Waals surface area contributed by atoms with E-state index in [4.69, 9.17) is 0 Å². The topological polar surface area (TPSA) is 90.9 Å². The fourth-order valence-corrected chi connectivity index (χ4v) is 4.03. The summed E-state index contributed by atoms with van der Waals surface area (Å²) in [6, 6.07) is 5.20. The molecular formula is C21H23F2N7O. The van der Waals surface area contributed by atoms with Crippen molar-refractivity contribution in [1.82, 2.24) is 29.8 Å². The number of imidazole rings is 1. The Morgan fingerprint density at radius 3 is 2.74 bits per heavy atom. The Bertz CT molecular complexity index is 1140. The molecule has 1 atom stereocenters. The lowest BCUT2D eigenvalue weighted by Crippen LogP contribution is -2.51. The molecule has 1 aliphatic carbocycles. The summed E-state index contributed by atoms with van der Waals surface area (Å²) in [5.74, 6) is -1.86. The van der Waals surface area contributed by atoms with E-state index in [1.807, 2.05) is 0 Å². The quantitative estimate of drug-likeness (QED) is 0.689. The Labute approximate surface area is 177 Å². The molecule has 4 heterocycles. The van der Waals surface area contributed by atoms with Gasteiger partial charge in [-0.2, -0.15) is 0 Å². The fourth-order valence-electron chi connectivity index (χ4n) is 4.03. The van der Waals surface area contributed by atoms with Gasteiger partial charge in [0.1, 0.15) is 22.9 Å². The molecule has 1 aliphatic heterocycles. The summed E-state index contributed by atoms with van der Waals surface area (Å²) in [7, 11) is 3.16. The first-order valence-electron chi connectivity index (χ1n) is 10.3. The van der Waals surface area contributed by atoms with Gasteiger partial charge >= 0.3 is 0 Å². The molecular weight excluding hydrogens is 404 g/mol. The van der Waals surface area contributed by atoms with Gasteiger partial charge in [0.25, 0.3) is 5.92 Å². The maximum Gasteiger partial charge on any atom is 0.266 e. The number of nitrogens with zero attached hydrogens (tertiary/aromatic N) is 6. The molecule has 1 saturated carbocycles. The van der Waals surface area contributed by atoms with Crippen LogP contribution in [0, 0.1) is 5.92 Å². The number of carbonyl (C=O) groups excluding carboxylic acids is 1. The number of alkyl halides is 2. The lowest BCUT2D eigenvalue weighted by atomic mass is 9.94. The first kappa shape index (κ1) is 19.8. The van der Waals surface area contributed by atoms with E-state index < -0.39 is 24.8 Å². The second kappa shape index (κ2) is 7.21. The van der Waals surface area contributed by atoms with Crippen molar-refractivity contribution < 1.29 is 13.6 Å². The number of amides is 1. The number of aromatic amines is 1. The van der Waals surface area contributed by atoms with Gasteiger partial charge in [-0.3, -0.25) is 4.79 Å². The summed E-state index contributed by atoms with van der Waals surface area (Å²) in [6.07, 6.45) is 3.48. The van der Waals surface area contributed by atoms with Crippen LogP contribution in [0.15, 0.2) is 24.4 Å². The summed E-state index contributed by atoms with van der Waals surface area (Å²) in [4.78, 5) is 36.3. The van der Waals surface area contributed by atoms with Crippen LogP contribution in [0.4, 0.5) is 14.6 Å². The Morgan fingerprint density at radius 1 is 1.19 bits per heavy atom. The van der Waals surface area contributed by atoms with E-state index in [1.165, 1.54) is 9.80 Å². The maximum absolute atomic E-state index is 14.4. The minimum Gasteiger partial charge on any atom is -0.350 e. The first-order chi connectivity index (χ1) is 14.8. The van der Waals surface area contributed by atoms with E-state index >= 15 is 0 Å². The minimum absolute atomic E-state index is 0.197. The Hall–Kier alpha value is -3.17. The van der Waals surface area contributed by atoms with Gasteiger partial charge in [-0.1, -0.05) is 0 Å². The number of aromatic nitrogens is 5. The van der Waals surface area contributed by atoms with Crippen LogP contribution in [-0.4, -0.2) is 68.8 Å². The fraction of sp³-hybridized carbons (Fsp3) is 0.476. The van der Waals surface area contributed by atoms with E-state index in [9.17, 15) is 13.6 Å². The number of halogens is 2. The first-order valence-corrected chi connectivity index (χ1v) is 10.3. The van der Waals surface area contributed by atoms with E-state index in [0.29, 0.717) is 34.4 Å². The summed E-state index contributed by atoms with van der Waals surface area (Å²) < 4.78 is 28.8. The Balaban J connectivity index is 1.44. The predicted octanol–water partition coefficient (Wildman–Crippen LogP) is 2.84. The third kappa shape index (κ3) is 3.94. The molecule has 31 heavy (non-hydrogen) atoms. The molecule has 2 fully saturated rings. The highest BCUT2D eigenvalue weighted by Gasteiger charge is 2.43. The van der Waals surface area contributed by atoms with Crippen LogP contribution in [0.25, 0.3) is 22.7 Å². The molecule has 10 heteroatoms. The third-order valence-electron chi connectivity index (χ3n) is 5.71. The molecule has 5 rings (SSSR count). The second-order valence-corrected chi connectivity index (χ2v) is 8.57. The minimum atomic E-state index is -2.97. The summed E-state index contributed by atoms with van der Waals surface area (Å²) in [6.45, 7) is -0.275.